The van der Waals surface area contributed by atoms with Gasteiger partial charge in [0.05, 0.1) is 0 Å². The third-order valence-electron chi connectivity index (χ3n) is 3.43. The zero-order chi connectivity index (χ0) is 13.2. The van der Waals surface area contributed by atoms with Crippen LogP contribution < -0.4 is 10.1 Å². The fourth-order valence-corrected chi connectivity index (χ4v) is 2.27. The summed E-state index contributed by atoms with van der Waals surface area (Å²) >= 11 is 6.17. The van der Waals surface area contributed by atoms with Crippen molar-refractivity contribution >= 4 is 11.6 Å². The summed E-state index contributed by atoms with van der Waals surface area (Å²) in [6.45, 7) is 8.24. The number of ether oxygens (including phenoxy) is 1. The molecule has 18 heavy (non-hydrogen) atoms. The summed E-state index contributed by atoms with van der Waals surface area (Å²) in [6, 6.07) is 4.07. The molecule has 0 bridgehead atoms. The number of benzene rings is 1. The molecule has 0 aromatic heterocycles. The van der Waals surface area contributed by atoms with Crippen LogP contribution in [0.2, 0.25) is 5.02 Å². The molecule has 1 fully saturated rings. The maximum atomic E-state index is 6.17. The normalized spacial score (nSPS) is 16.7. The largest absolute Gasteiger partial charge is 0.486 e. The first-order chi connectivity index (χ1) is 8.56. The second-order valence-electron chi connectivity index (χ2n) is 5.33. The van der Waals surface area contributed by atoms with E-state index in [1.807, 2.05) is 26.0 Å². The van der Waals surface area contributed by atoms with E-state index in [1.54, 1.807) is 0 Å². The molecule has 3 heteroatoms. The first-order valence-corrected chi connectivity index (χ1v) is 7.10. The van der Waals surface area contributed by atoms with Gasteiger partial charge in [-0.1, -0.05) is 18.5 Å². The Hall–Kier alpha value is -0.730. The molecule has 0 unspecified atom stereocenters. The second-order valence-corrected chi connectivity index (χ2v) is 5.71. The molecule has 2 nitrogen and oxygen atoms in total. The molecule has 0 amide bonds. The van der Waals surface area contributed by atoms with Crippen LogP contribution in [0.25, 0.3) is 0 Å². The first-order valence-electron chi connectivity index (χ1n) is 6.73. The Morgan fingerprint density at radius 1 is 1.28 bits per heavy atom. The molecule has 2 rings (SSSR count). The quantitative estimate of drug-likeness (QED) is 0.790. The molecular formula is C15H22ClNO. The highest BCUT2D eigenvalue weighted by atomic mass is 35.5. The molecule has 0 radical (unpaired) electrons. The van der Waals surface area contributed by atoms with Gasteiger partial charge in [0, 0.05) is 11.6 Å². The van der Waals surface area contributed by atoms with Crippen LogP contribution in [-0.2, 0) is 0 Å². The summed E-state index contributed by atoms with van der Waals surface area (Å²) in [5.74, 6) is 0.949. The van der Waals surface area contributed by atoms with Crippen molar-refractivity contribution in [3.63, 3.8) is 0 Å². The van der Waals surface area contributed by atoms with Crippen molar-refractivity contribution in [1.82, 2.24) is 5.32 Å². The number of halogens is 1. The van der Waals surface area contributed by atoms with Crippen LogP contribution in [0.4, 0.5) is 0 Å². The fraction of sp³-hybridized carbons (Fsp3) is 0.600. The Morgan fingerprint density at radius 3 is 2.39 bits per heavy atom. The summed E-state index contributed by atoms with van der Waals surface area (Å²) in [5.41, 5.74) is 2.20. The number of hydrogen-bond acceptors (Lipinski definition) is 2. The fourth-order valence-electron chi connectivity index (χ4n) is 2.16. The molecule has 1 aromatic rings. The summed E-state index contributed by atoms with van der Waals surface area (Å²) < 4.78 is 6.16. The predicted molar refractivity (Wildman–Crippen MR) is 76.7 cm³/mol. The Morgan fingerprint density at radius 2 is 1.89 bits per heavy atom. The summed E-state index contributed by atoms with van der Waals surface area (Å²) in [7, 11) is 0. The lowest BCUT2D eigenvalue weighted by Gasteiger charge is -2.20. The van der Waals surface area contributed by atoms with Crippen molar-refractivity contribution in [2.75, 3.05) is 13.1 Å². The van der Waals surface area contributed by atoms with E-state index < -0.39 is 0 Å². The van der Waals surface area contributed by atoms with Crippen molar-refractivity contribution in [1.29, 1.82) is 0 Å². The Bertz CT molecular complexity index is 403. The maximum Gasteiger partial charge on any atom is 0.122 e. The van der Waals surface area contributed by atoms with Crippen LogP contribution in [0.15, 0.2) is 12.1 Å². The molecule has 0 heterocycles. The number of aryl methyl sites for hydroxylation is 2. The van der Waals surface area contributed by atoms with E-state index >= 15 is 0 Å². The first kappa shape index (κ1) is 13.7. The van der Waals surface area contributed by atoms with Gasteiger partial charge in [-0.3, -0.25) is 0 Å². The number of hydrogen-bond donors (Lipinski definition) is 1. The Labute approximate surface area is 115 Å². The van der Waals surface area contributed by atoms with E-state index in [2.05, 4.69) is 12.2 Å². The third-order valence-corrected chi connectivity index (χ3v) is 4.02. The summed E-state index contributed by atoms with van der Waals surface area (Å²) in [4.78, 5) is 0. The SMILES string of the molecule is CCCNCC1(Oc2cc(C)c(Cl)c(C)c2)CC1. The van der Waals surface area contributed by atoms with Gasteiger partial charge in [0.1, 0.15) is 11.4 Å². The van der Waals surface area contributed by atoms with Crippen LogP contribution in [0.1, 0.15) is 37.3 Å². The van der Waals surface area contributed by atoms with Crippen LogP contribution in [-0.4, -0.2) is 18.7 Å². The highest BCUT2D eigenvalue weighted by Crippen LogP contribution is 2.40. The van der Waals surface area contributed by atoms with E-state index in [0.717, 1.165) is 54.3 Å². The molecule has 100 valence electrons. The lowest BCUT2D eigenvalue weighted by molar-refractivity contribution is 0.175. The van der Waals surface area contributed by atoms with Crippen molar-refractivity contribution in [3.8, 4) is 5.75 Å². The number of rotatable bonds is 6. The highest BCUT2D eigenvalue weighted by molar-refractivity contribution is 6.32. The molecule has 0 aliphatic heterocycles. The summed E-state index contributed by atoms with van der Waals surface area (Å²) in [5, 5.41) is 4.29. The van der Waals surface area contributed by atoms with Crippen molar-refractivity contribution in [3.05, 3.63) is 28.3 Å². The van der Waals surface area contributed by atoms with E-state index in [4.69, 9.17) is 16.3 Å². The molecule has 1 aliphatic rings. The zero-order valence-electron chi connectivity index (χ0n) is 11.5. The molecule has 0 saturated heterocycles. The topological polar surface area (TPSA) is 21.3 Å². The van der Waals surface area contributed by atoms with E-state index in [-0.39, 0.29) is 5.60 Å². The maximum absolute atomic E-state index is 6.17. The minimum Gasteiger partial charge on any atom is -0.486 e. The minimum atomic E-state index is 0.0296. The van der Waals surface area contributed by atoms with Gasteiger partial charge in [0.25, 0.3) is 0 Å². The second kappa shape index (κ2) is 5.50. The molecule has 0 atom stereocenters. The lowest BCUT2D eigenvalue weighted by atomic mass is 10.1. The Balaban J connectivity index is 2.01. The van der Waals surface area contributed by atoms with Crippen LogP contribution >= 0.6 is 11.6 Å². The van der Waals surface area contributed by atoms with Crippen LogP contribution in [0.5, 0.6) is 5.75 Å². The minimum absolute atomic E-state index is 0.0296. The van der Waals surface area contributed by atoms with E-state index in [1.165, 1.54) is 0 Å². The summed E-state index contributed by atoms with van der Waals surface area (Å²) in [6.07, 6.45) is 3.45. The van der Waals surface area contributed by atoms with E-state index in [0.29, 0.717) is 0 Å². The van der Waals surface area contributed by atoms with Gasteiger partial charge in [-0.05, 0) is 62.9 Å². The monoisotopic (exact) mass is 267 g/mol. The van der Waals surface area contributed by atoms with Gasteiger partial charge in [0.15, 0.2) is 0 Å². The van der Waals surface area contributed by atoms with Crippen molar-refractivity contribution in [2.45, 2.75) is 45.6 Å². The molecule has 1 aliphatic carbocycles. The van der Waals surface area contributed by atoms with Crippen LogP contribution in [0.3, 0.4) is 0 Å². The average molecular weight is 268 g/mol. The van der Waals surface area contributed by atoms with Gasteiger partial charge < -0.3 is 10.1 Å². The van der Waals surface area contributed by atoms with Gasteiger partial charge >= 0.3 is 0 Å². The standard InChI is InChI=1S/C15H22ClNO/c1-4-7-17-10-15(5-6-15)18-13-8-11(2)14(16)12(3)9-13/h8-9,17H,4-7,10H2,1-3H3. The lowest BCUT2D eigenvalue weighted by Crippen LogP contribution is -2.33. The molecule has 1 N–H and O–H groups in total. The van der Waals surface area contributed by atoms with Gasteiger partial charge in [0.2, 0.25) is 0 Å². The van der Waals surface area contributed by atoms with E-state index in [9.17, 15) is 0 Å². The third kappa shape index (κ3) is 3.18. The van der Waals surface area contributed by atoms with Gasteiger partial charge in [-0.2, -0.15) is 0 Å². The van der Waals surface area contributed by atoms with Crippen LogP contribution in [0, 0.1) is 13.8 Å². The smallest absolute Gasteiger partial charge is 0.122 e. The zero-order valence-corrected chi connectivity index (χ0v) is 12.2. The number of nitrogens with one attached hydrogen (secondary N) is 1. The molecule has 0 spiro atoms. The molecular weight excluding hydrogens is 246 g/mol. The van der Waals surface area contributed by atoms with Gasteiger partial charge in [-0.25, -0.2) is 0 Å². The molecule has 1 aromatic carbocycles. The van der Waals surface area contributed by atoms with Gasteiger partial charge in [-0.15, -0.1) is 0 Å². The van der Waals surface area contributed by atoms with Crippen molar-refractivity contribution in [2.24, 2.45) is 0 Å². The average Bonchev–Trinajstić information content (AvgIpc) is 3.06. The Kier molecular flexibility index (Phi) is 4.18. The van der Waals surface area contributed by atoms with Crippen molar-refractivity contribution < 1.29 is 4.74 Å². The molecule has 1 saturated carbocycles. The predicted octanol–water partition coefficient (Wildman–Crippen LogP) is 3.87. The highest BCUT2D eigenvalue weighted by Gasteiger charge is 2.45.